The van der Waals surface area contributed by atoms with E-state index >= 15 is 0 Å². The molecule has 0 aliphatic heterocycles. The van der Waals surface area contributed by atoms with Crippen LogP contribution in [0.5, 0.6) is 0 Å². The molecule has 1 amide bonds. The zero-order valence-electron chi connectivity index (χ0n) is 12.1. The average Bonchev–Trinajstić information content (AvgIpc) is 3.16. The van der Waals surface area contributed by atoms with E-state index in [-0.39, 0.29) is 11.8 Å². The number of alkyl halides is 3. The van der Waals surface area contributed by atoms with Crippen LogP contribution in [0.4, 0.5) is 18.9 Å². The van der Waals surface area contributed by atoms with Crippen molar-refractivity contribution in [2.75, 3.05) is 11.4 Å². The Morgan fingerprint density at radius 2 is 1.77 bits per heavy atom. The Morgan fingerprint density at radius 3 is 2.14 bits per heavy atom. The maximum Gasteiger partial charge on any atom is 0.501 e. The summed E-state index contributed by atoms with van der Waals surface area (Å²) in [4.78, 5) is 12.8. The van der Waals surface area contributed by atoms with Gasteiger partial charge < -0.3 is 4.90 Å². The molecular weight excluding hydrogens is 319 g/mol. The van der Waals surface area contributed by atoms with Crippen molar-refractivity contribution >= 4 is 21.4 Å². The maximum atomic E-state index is 12.5. The second kappa shape index (κ2) is 5.57. The van der Waals surface area contributed by atoms with Crippen molar-refractivity contribution in [1.82, 2.24) is 0 Å². The summed E-state index contributed by atoms with van der Waals surface area (Å²) in [5.74, 6) is 0.173. The molecule has 0 radical (unpaired) electrons. The van der Waals surface area contributed by atoms with Gasteiger partial charge in [0.15, 0.2) is 0 Å². The van der Waals surface area contributed by atoms with Crippen LogP contribution in [0.2, 0.25) is 0 Å². The van der Waals surface area contributed by atoms with Crippen molar-refractivity contribution < 1.29 is 26.4 Å². The van der Waals surface area contributed by atoms with E-state index in [0.29, 0.717) is 18.2 Å². The molecule has 4 nitrogen and oxygen atoms in total. The number of sulfone groups is 1. The number of benzene rings is 1. The minimum atomic E-state index is -5.36. The summed E-state index contributed by atoms with van der Waals surface area (Å²) in [6.45, 7) is 4.08. The molecule has 1 aromatic rings. The van der Waals surface area contributed by atoms with Crippen LogP contribution >= 0.6 is 0 Å². The van der Waals surface area contributed by atoms with Gasteiger partial charge in [0.05, 0.1) is 4.90 Å². The predicted molar refractivity (Wildman–Crippen MR) is 75.0 cm³/mol. The number of hydrogen-bond acceptors (Lipinski definition) is 3. The highest BCUT2D eigenvalue weighted by Crippen LogP contribution is 2.40. The SMILES string of the molecule is CCN(C(=O)C1CC1C)c1ccc(S(=O)(=O)C(F)(F)F)cc1. The van der Waals surface area contributed by atoms with Gasteiger partial charge in [0.25, 0.3) is 9.84 Å². The van der Waals surface area contributed by atoms with Gasteiger partial charge in [-0.3, -0.25) is 4.79 Å². The van der Waals surface area contributed by atoms with E-state index in [1.54, 1.807) is 6.92 Å². The van der Waals surface area contributed by atoms with Crippen LogP contribution in [0.3, 0.4) is 0 Å². The molecular formula is C14H16F3NO3S. The van der Waals surface area contributed by atoms with Gasteiger partial charge in [-0.25, -0.2) is 8.42 Å². The summed E-state index contributed by atoms with van der Waals surface area (Å²) in [5.41, 5.74) is -4.94. The molecule has 1 aliphatic carbocycles. The second-order valence-electron chi connectivity index (χ2n) is 5.35. The standard InChI is InChI=1S/C14H16F3NO3S/c1-3-18(13(19)12-8-9(12)2)10-4-6-11(7-5-10)22(20,21)14(15,16)17/h4-7,9,12H,3,8H2,1-2H3. The Hall–Kier alpha value is -1.57. The smallest absolute Gasteiger partial charge is 0.312 e. The molecule has 122 valence electrons. The number of carbonyl (C=O) groups is 1. The normalized spacial score (nSPS) is 21.5. The molecule has 1 fully saturated rings. The lowest BCUT2D eigenvalue weighted by molar-refractivity contribution is -0.120. The molecule has 2 rings (SSSR count). The zero-order valence-corrected chi connectivity index (χ0v) is 12.9. The van der Waals surface area contributed by atoms with E-state index in [4.69, 9.17) is 0 Å². The van der Waals surface area contributed by atoms with Crippen molar-refractivity contribution in [1.29, 1.82) is 0 Å². The monoisotopic (exact) mass is 335 g/mol. The van der Waals surface area contributed by atoms with Gasteiger partial charge in [0.1, 0.15) is 0 Å². The first-order valence-corrected chi connectivity index (χ1v) is 8.30. The van der Waals surface area contributed by atoms with E-state index < -0.39 is 20.2 Å². The van der Waals surface area contributed by atoms with Gasteiger partial charge >= 0.3 is 5.51 Å². The minimum absolute atomic E-state index is 0.0569. The Kier molecular flexibility index (Phi) is 4.25. The Bertz CT molecular complexity index is 668. The number of anilines is 1. The zero-order chi connectivity index (χ0) is 16.7. The van der Waals surface area contributed by atoms with E-state index in [1.807, 2.05) is 6.92 Å². The molecule has 22 heavy (non-hydrogen) atoms. The van der Waals surface area contributed by atoms with Gasteiger partial charge in [-0.15, -0.1) is 0 Å². The van der Waals surface area contributed by atoms with Gasteiger partial charge in [-0.1, -0.05) is 6.92 Å². The molecule has 1 aliphatic rings. The highest BCUT2D eigenvalue weighted by molar-refractivity contribution is 7.92. The van der Waals surface area contributed by atoms with Crippen LogP contribution in [0.25, 0.3) is 0 Å². The minimum Gasteiger partial charge on any atom is -0.312 e. The molecule has 0 bridgehead atoms. The fourth-order valence-electron chi connectivity index (χ4n) is 2.27. The number of hydrogen-bond donors (Lipinski definition) is 0. The van der Waals surface area contributed by atoms with Crippen LogP contribution in [0, 0.1) is 11.8 Å². The highest BCUT2D eigenvalue weighted by atomic mass is 32.2. The maximum absolute atomic E-state index is 12.5. The summed E-state index contributed by atoms with van der Waals surface area (Å²) in [6, 6.07) is 4.22. The number of rotatable bonds is 4. The first kappa shape index (κ1) is 16.8. The van der Waals surface area contributed by atoms with Crippen LogP contribution < -0.4 is 4.90 Å². The van der Waals surface area contributed by atoms with Crippen molar-refractivity contribution in [2.24, 2.45) is 11.8 Å². The molecule has 2 unspecified atom stereocenters. The lowest BCUT2D eigenvalue weighted by Gasteiger charge is -2.21. The first-order valence-electron chi connectivity index (χ1n) is 6.82. The summed E-state index contributed by atoms with van der Waals surface area (Å²) >= 11 is 0. The molecule has 0 spiro atoms. The molecule has 0 heterocycles. The number of carbonyl (C=O) groups excluding carboxylic acids is 1. The highest BCUT2D eigenvalue weighted by Gasteiger charge is 2.47. The molecule has 0 aromatic heterocycles. The first-order chi connectivity index (χ1) is 10.1. The Morgan fingerprint density at radius 1 is 1.27 bits per heavy atom. The molecule has 0 saturated heterocycles. The van der Waals surface area contributed by atoms with Crippen LogP contribution in [0.15, 0.2) is 29.2 Å². The molecule has 1 saturated carbocycles. The number of nitrogens with zero attached hydrogens (tertiary/aromatic N) is 1. The second-order valence-corrected chi connectivity index (χ2v) is 7.29. The quantitative estimate of drug-likeness (QED) is 0.850. The fourth-order valence-corrected chi connectivity index (χ4v) is 3.03. The van der Waals surface area contributed by atoms with Gasteiger partial charge in [0, 0.05) is 18.2 Å². The van der Waals surface area contributed by atoms with Crippen molar-refractivity contribution in [3.05, 3.63) is 24.3 Å². The predicted octanol–water partition coefficient (Wildman–Crippen LogP) is 2.99. The third-order valence-corrected chi connectivity index (χ3v) is 5.27. The van der Waals surface area contributed by atoms with E-state index in [1.165, 1.54) is 17.0 Å². The molecule has 8 heteroatoms. The summed E-state index contributed by atoms with van der Waals surface area (Å²) in [5, 5.41) is 0. The van der Waals surface area contributed by atoms with Gasteiger partial charge in [0.2, 0.25) is 5.91 Å². The van der Waals surface area contributed by atoms with Gasteiger partial charge in [-0.05, 0) is 43.5 Å². The fraction of sp³-hybridized carbons (Fsp3) is 0.500. The number of halogens is 3. The lowest BCUT2D eigenvalue weighted by Crippen LogP contribution is -2.32. The summed E-state index contributed by atoms with van der Waals surface area (Å²) < 4.78 is 60.0. The van der Waals surface area contributed by atoms with Crippen LogP contribution in [0.1, 0.15) is 20.3 Å². The molecule has 2 atom stereocenters. The van der Waals surface area contributed by atoms with Crippen LogP contribution in [-0.2, 0) is 14.6 Å². The Balaban J connectivity index is 2.26. The largest absolute Gasteiger partial charge is 0.501 e. The average molecular weight is 335 g/mol. The Labute approximate surface area is 126 Å². The van der Waals surface area contributed by atoms with E-state index in [2.05, 4.69) is 0 Å². The third kappa shape index (κ3) is 2.97. The van der Waals surface area contributed by atoms with Crippen LogP contribution in [-0.4, -0.2) is 26.4 Å². The summed E-state index contributed by atoms with van der Waals surface area (Å²) in [7, 11) is -5.36. The number of amides is 1. The van der Waals surface area contributed by atoms with Crippen molar-refractivity contribution in [3.8, 4) is 0 Å². The van der Waals surface area contributed by atoms with E-state index in [9.17, 15) is 26.4 Å². The lowest BCUT2D eigenvalue weighted by atomic mass is 10.2. The van der Waals surface area contributed by atoms with Gasteiger partial charge in [-0.2, -0.15) is 13.2 Å². The van der Waals surface area contributed by atoms with Crippen molar-refractivity contribution in [3.63, 3.8) is 0 Å². The van der Waals surface area contributed by atoms with E-state index in [0.717, 1.165) is 18.6 Å². The summed E-state index contributed by atoms with van der Waals surface area (Å²) in [6.07, 6.45) is 0.801. The molecule has 0 N–H and O–H groups in total. The topological polar surface area (TPSA) is 54.5 Å². The van der Waals surface area contributed by atoms with Crippen molar-refractivity contribution in [2.45, 2.75) is 30.7 Å². The third-order valence-electron chi connectivity index (χ3n) is 3.77. The molecule has 1 aromatic carbocycles.